The van der Waals surface area contributed by atoms with Crippen LogP contribution in [-0.4, -0.2) is 39.1 Å². The number of amides is 1. The number of carbonyl (C=O) groups is 2. The Morgan fingerprint density at radius 3 is 2.79 bits per heavy atom. The highest BCUT2D eigenvalue weighted by atomic mass is 32.2. The Hall–Kier alpha value is -1.01. The second kappa shape index (κ2) is 5.96. The zero-order chi connectivity index (χ0) is 14.0. The summed E-state index contributed by atoms with van der Waals surface area (Å²) in [5, 5.41) is 11.1. The fourth-order valence-electron chi connectivity index (χ4n) is 2.20. The highest BCUT2D eigenvalue weighted by Crippen LogP contribution is 2.34. The number of rotatable bonds is 4. The molecule has 1 amide bonds. The van der Waals surface area contributed by atoms with Crippen molar-refractivity contribution in [3.05, 3.63) is 21.9 Å². The van der Waals surface area contributed by atoms with Crippen molar-refractivity contribution in [2.45, 2.75) is 38.1 Å². The average Bonchev–Trinajstić information content (AvgIpc) is 2.95. The Labute approximate surface area is 120 Å². The van der Waals surface area contributed by atoms with E-state index in [0.717, 1.165) is 18.4 Å². The Kier molecular flexibility index (Phi) is 4.52. The largest absolute Gasteiger partial charge is 0.480 e. The second-order valence-electron chi connectivity index (χ2n) is 4.58. The van der Waals surface area contributed by atoms with Crippen molar-refractivity contribution in [3.8, 4) is 0 Å². The van der Waals surface area contributed by atoms with E-state index in [1.54, 1.807) is 16.7 Å². The molecule has 2 heterocycles. The number of thiophene rings is 1. The third kappa shape index (κ3) is 2.79. The van der Waals surface area contributed by atoms with Crippen LogP contribution in [0, 0.1) is 6.92 Å². The van der Waals surface area contributed by atoms with Gasteiger partial charge in [0.05, 0.1) is 10.3 Å². The summed E-state index contributed by atoms with van der Waals surface area (Å²) in [4.78, 5) is 26.1. The van der Waals surface area contributed by atoms with E-state index in [9.17, 15) is 14.7 Å². The molecule has 1 fully saturated rings. The predicted molar refractivity (Wildman–Crippen MR) is 77.8 cm³/mol. The van der Waals surface area contributed by atoms with Gasteiger partial charge in [0.15, 0.2) is 0 Å². The number of carbonyl (C=O) groups excluding carboxylic acids is 1. The van der Waals surface area contributed by atoms with E-state index < -0.39 is 12.0 Å². The number of thioether (sulfide) groups is 1. The van der Waals surface area contributed by atoms with Crippen molar-refractivity contribution in [2.24, 2.45) is 0 Å². The number of nitrogens with zero attached hydrogens (tertiary/aromatic N) is 1. The normalized spacial score (nSPS) is 22.7. The van der Waals surface area contributed by atoms with E-state index in [2.05, 4.69) is 0 Å². The van der Waals surface area contributed by atoms with Gasteiger partial charge >= 0.3 is 5.97 Å². The smallest absolute Gasteiger partial charge is 0.327 e. The van der Waals surface area contributed by atoms with E-state index in [1.807, 2.05) is 25.3 Å². The number of aryl methyl sites for hydroxylation is 1. The molecule has 2 rings (SSSR count). The van der Waals surface area contributed by atoms with E-state index >= 15 is 0 Å². The quantitative estimate of drug-likeness (QED) is 0.929. The molecule has 1 aromatic heterocycles. The molecular formula is C13H17NO3S2. The third-order valence-corrected chi connectivity index (χ3v) is 5.56. The maximum absolute atomic E-state index is 12.6. The number of carboxylic acids is 1. The predicted octanol–water partition coefficient (Wildman–Crippen LogP) is 2.82. The summed E-state index contributed by atoms with van der Waals surface area (Å²) in [6.45, 7) is 3.94. The molecule has 1 aliphatic heterocycles. The van der Waals surface area contributed by atoms with E-state index in [4.69, 9.17) is 0 Å². The summed E-state index contributed by atoms with van der Waals surface area (Å²) in [6.07, 6.45) is 1.78. The molecular weight excluding hydrogens is 282 g/mol. The summed E-state index contributed by atoms with van der Waals surface area (Å²) in [6, 6.07) is 1.20. The molecule has 6 heteroatoms. The average molecular weight is 299 g/mol. The topological polar surface area (TPSA) is 57.6 Å². The van der Waals surface area contributed by atoms with Gasteiger partial charge in [-0.25, -0.2) is 4.79 Å². The molecule has 0 radical (unpaired) electrons. The Bertz CT molecular complexity index is 486. The van der Waals surface area contributed by atoms with Gasteiger partial charge in [0.25, 0.3) is 5.91 Å². The van der Waals surface area contributed by atoms with Crippen LogP contribution in [0.4, 0.5) is 0 Å². The molecule has 104 valence electrons. The van der Waals surface area contributed by atoms with Crippen molar-refractivity contribution >= 4 is 35.0 Å². The minimum absolute atomic E-state index is 0.0138. The first kappa shape index (κ1) is 14.4. The lowest BCUT2D eigenvalue weighted by atomic mass is 10.2. The van der Waals surface area contributed by atoms with Crippen LogP contribution < -0.4 is 0 Å². The zero-order valence-electron chi connectivity index (χ0n) is 11.0. The lowest BCUT2D eigenvalue weighted by molar-refractivity contribution is -0.141. The molecule has 0 saturated carbocycles. The van der Waals surface area contributed by atoms with Crippen LogP contribution in [0.5, 0.6) is 0 Å². The Morgan fingerprint density at radius 1 is 1.53 bits per heavy atom. The molecule has 2 unspecified atom stereocenters. The van der Waals surface area contributed by atoms with Gasteiger partial charge in [0.2, 0.25) is 0 Å². The maximum Gasteiger partial charge on any atom is 0.327 e. The molecule has 2 atom stereocenters. The van der Waals surface area contributed by atoms with Crippen LogP contribution >= 0.6 is 23.1 Å². The molecule has 1 aliphatic rings. The van der Waals surface area contributed by atoms with E-state index in [-0.39, 0.29) is 11.3 Å². The zero-order valence-corrected chi connectivity index (χ0v) is 12.6. The Balaban J connectivity index is 2.28. The van der Waals surface area contributed by atoms with Gasteiger partial charge in [-0.2, -0.15) is 0 Å². The van der Waals surface area contributed by atoms with Gasteiger partial charge in [-0.05, 0) is 30.4 Å². The summed E-state index contributed by atoms with van der Waals surface area (Å²) in [5.74, 6) is -0.562. The van der Waals surface area contributed by atoms with Crippen molar-refractivity contribution in [1.82, 2.24) is 4.90 Å². The first-order chi connectivity index (χ1) is 9.06. The summed E-state index contributed by atoms with van der Waals surface area (Å²) in [5.41, 5.74) is 0.922. The fourth-order valence-corrected chi connectivity index (χ4v) is 4.59. The van der Waals surface area contributed by atoms with Crippen LogP contribution in [-0.2, 0) is 4.79 Å². The van der Waals surface area contributed by atoms with Gasteiger partial charge in [0, 0.05) is 5.75 Å². The molecule has 19 heavy (non-hydrogen) atoms. The summed E-state index contributed by atoms with van der Waals surface area (Å²) < 4.78 is 0. The van der Waals surface area contributed by atoms with Gasteiger partial charge < -0.3 is 10.0 Å². The molecule has 0 bridgehead atoms. The summed E-state index contributed by atoms with van der Waals surface area (Å²) >= 11 is 2.96. The van der Waals surface area contributed by atoms with Gasteiger partial charge in [0.1, 0.15) is 6.04 Å². The molecule has 0 spiro atoms. The van der Waals surface area contributed by atoms with Crippen LogP contribution in [0.3, 0.4) is 0 Å². The first-order valence-electron chi connectivity index (χ1n) is 6.27. The third-order valence-electron chi connectivity index (χ3n) is 3.20. The highest BCUT2D eigenvalue weighted by molar-refractivity contribution is 8.00. The first-order valence-corrected chi connectivity index (χ1v) is 8.20. The standard InChI is InChI=1S/C13H17NO3S2/c1-3-4-10-14(9(7-19-10)13(16)17)12(15)11-8(2)5-6-18-11/h5-6,9-10H,3-4,7H2,1-2H3,(H,16,17). The number of aliphatic carboxylic acids is 1. The lowest BCUT2D eigenvalue weighted by Gasteiger charge is -2.27. The van der Waals surface area contributed by atoms with Crippen molar-refractivity contribution < 1.29 is 14.7 Å². The van der Waals surface area contributed by atoms with Crippen LogP contribution in [0.1, 0.15) is 35.0 Å². The number of carboxylic acid groups (broad SMARTS) is 1. The fraction of sp³-hybridized carbons (Fsp3) is 0.538. The highest BCUT2D eigenvalue weighted by Gasteiger charge is 2.41. The number of hydrogen-bond donors (Lipinski definition) is 1. The minimum atomic E-state index is -0.909. The van der Waals surface area contributed by atoms with E-state index in [0.29, 0.717) is 10.6 Å². The van der Waals surface area contributed by atoms with Crippen LogP contribution in [0.2, 0.25) is 0 Å². The minimum Gasteiger partial charge on any atom is -0.480 e. The van der Waals surface area contributed by atoms with Crippen molar-refractivity contribution in [2.75, 3.05) is 5.75 Å². The van der Waals surface area contributed by atoms with Crippen LogP contribution in [0.25, 0.3) is 0 Å². The van der Waals surface area contributed by atoms with Crippen molar-refractivity contribution in [1.29, 1.82) is 0 Å². The van der Waals surface area contributed by atoms with Gasteiger partial charge in [-0.15, -0.1) is 23.1 Å². The lowest BCUT2D eigenvalue weighted by Crippen LogP contribution is -2.45. The van der Waals surface area contributed by atoms with Gasteiger partial charge in [-0.1, -0.05) is 13.3 Å². The van der Waals surface area contributed by atoms with Gasteiger partial charge in [-0.3, -0.25) is 4.79 Å². The summed E-state index contributed by atoms with van der Waals surface area (Å²) in [7, 11) is 0. The van der Waals surface area contributed by atoms with Crippen LogP contribution in [0.15, 0.2) is 11.4 Å². The Morgan fingerprint density at radius 2 is 2.26 bits per heavy atom. The molecule has 0 aromatic carbocycles. The molecule has 4 nitrogen and oxygen atoms in total. The van der Waals surface area contributed by atoms with E-state index in [1.165, 1.54) is 11.3 Å². The SMILES string of the molecule is CCCC1SCC(C(=O)O)N1C(=O)c1sccc1C. The molecule has 1 saturated heterocycles. The molecule has 1 N–H and O–H groups in total. The molecule has 0 aliphatic carbocycles. The monoisotopic (exact) mass is 299 g/mol. The van der Waals surface area contributed by atoms with Crippen molar-refractivity contribution in [3.63, 3.8) is 0 Å². The second-order valence-corrected chi connectivity index (χ2v) is 6.70. The number of hydrogen-bond acceptors (Lipinski definition) is 4. The maximum atomic E-state index is 12.6. The molecule has 1 aromatic rings.